The second kappa shape index (κ2) is 7.81. The molecule has 0 fully saturated rings. The van der Waals surface area contributed by atoms with Gasteiger partial charge in [-0.25, -0.2) is 0 Å². The van der Waals surface area contributed by atoms with Crippen LogP contribution in [0, 0.1) is 13.8 Å². The van der Waals surface area contributed by atoms with Crippen molar-refractivity contribution in [2.75, 3.05) is 0 Å². The summed E-state index contributed by atoms with van der Waals surface area (Å²) in [6.07, 6.45) is 0.522. The zero-order valence-electron chi connectivity index (χ0n) is 12.1. The van der Waals surface area contributed by atoms with Gasteiger partial charge in [0.1, 0.15) is 5.76 Å². The van der Waals surface area contributed by atoms with Gasteiger partial charge in [-0.3, -0.25) is 4.79 Å². The number of amides is 1. The largest absolute Gasteiger partial charge is 0.361 e. The molecule has 1 unspecified atom stereocenters. The van der Waals surface area contributed by atoms with Crippen LogP contribution >= 0.6 is 12.4 Å². The standard InChI is InChI=1S/C15H19N3O2.ClH/c1-10-13(11(2)20-18-10)9-17-15(19)14(16)8-12-6-4-3-5-7-12;/h3-7,14H,8-9,16H2,1-2H3,(H,17,19);1H. The smallest absolute Gasteiger partial charge is 0.237 e. The summed E-state index contributed by atoms with van der Waals surface area (Å²) in [5, 5.41) is 6.67. The maximum atomic E-state index is 12.0. The summed E-state index contributed by atoms with van der Waals surface area (Å²) in [6.45, 7) is 4.07. The molecule has 1 amide bonds. The fourth-order valence-corrected chi connectivity index (χ4v) is 2.02. The Morgan fingerprint density at radius 1 is 1.33 bits per heavy atom. The van der Waals surface area contributed by atoms with Crippen LogP contribution in [0.4, 0.5) is 0 Å². The first-order valence-electron chi connectivity index (χ1n) is 6.57. The van der Waals surface area contributed by atoms with Crippen molar-refractivity contribution in [3.05, 3.63) is 52.9 Å². The summed E-state index contributed by atoms with van der Waals surface area (Å²) in [7, 11) is 0. The third-order valence-corrected chi connectivity index (χ3v) is 3.26. The Bertz CT molecular complexity index is 564. The molecule has 3 N–H and O–H groups in total. The quantitative estimate of drug-likeness (QED) is 0.884. The van der Waals surface area contributed by atoms with Crippen LogP contribution in [0.3, 0.4) is 0 Å². The number of nitrogens with one attached hydrogen (secondary N) is 1. The molecule has 1 atom stereocenters. The highest BCUT2D eigenvalue weighted by molar-refractivity contribution is 5.85. The number of aromatic nitrogens is 1. The van der Waals surface area contributed by atoms with Gasteiger partial charge in [-0.1, -0.05) is 35.5 Å². The monoisotopic (exact) mass is 309 g/mol. The fraction of sp³-hybridized carbons (Fsp3) is 0.333. The van der Waals surface area contributed by atoms with Crippen molar-refractivity contribution >= 4 is 18.3 Å². The van der Waals surface area contributed by atoms with Gasteiger partial charge in [0.05, 0.1) is 11.7 Å². The van der Waals surface area contributed by atoms with Gasteiger partial charge in [0.15, 0.2) is 0 Å². The molecule has 21 heavy (non-hydrogen) atoms. The van der Waals surface area contributed by atoms with Gasteiger partial charge >= 0.3 is 0 Å². The van der Waals surface area contributed by atoms with Gasteiger partial charge < -0.3 is 15.6 Å². The first kappa shape index (κ1) is 17.2. The number of benzene rings is 1. The van der Waals surface area contributed by atoms with Crippen molar-refractivity contribution in [1.82, 2.24) is 10.5 Å². The lowest BCUT2D eigenvalue weighted by atomic mass is 10.1. The molecule has 0 aliphatic heterocycles. The number of aryl methyl sites for hydroxylation is 2. The molecule has 114 valence electrons. The second-order valence-electron chi connectivity index (χ2n) is 4.82. The molecule has 6 heteroatoms. The lowest BCUT2D eigenvalue weighted by molar-refractivity contribution is -0.122. The van der Waals surface area contributed by atoms with Crippen molar-refractivity contribution in [3.63, 3.8) is 0 Å². The predicted molar refractivity (Wildman–Crippen MR) is 83.2 cm³/mol. The first-order valence-corrected chi connectivity index (χ1v) is 6.57. The second-order valence-corrected chi connectivity index (χ2v) is 4.82. The number of hydrogen-bond donors (Lipinski definition) is 2. The minimum atomic E-state index is -0.558. The maximum absolute atomic E-state index is 12.0. The van der Waals surface area contributed by atoms with Crippen LogP contribution in [0.15, 0.2) is 34.9 Å². The Morgan fingerprint density at radius 2 is 2.00 bits per heavy atom. The molecule has 5 nitrogen and oxygen atoms in total. The summed E-state index contributed by atoms with van der Waals surface area (Å²) in [6, 6.07) is 9.17. The number of hydrogen-bond acceptors (Lipinski definition) is 4. The predicted octanol–water partition coefficient (Wildman–Crippen LogP) is 1.90. The zero-order chi connectivity index (χ0) is 14.5. The molecule has 1 aromatic carbocycles. The number of nitrogens with two attached hydrogens (primary N) is 1. The van der Waals surface area contributed by atoms with E-state index in [1.165, 1.54) is 0 Å². The molecule has 2 aromatic rings. The lowest BCUT2D eigenvalue weighted by Crippen LogP contribution is -2.41. The molecule has 0 bridgehead atoms. The third kappa shape index (κ3) is 4.58. The van der Waals surface area contributed by atoms with Crippen LogP contribution < -0.4 is 11.1 Å². The number of rotatable bonds is 5. The molecular formula is C15H20ClN3O2. The van der Waals surface area contributed by atoms with Gasteiger partial charge in [-0.15, -0.1) is 12.4 Å². The molecule has 1 heterocycles. The van der Waals surface area contributed by atoms with Crippen molar-refractivity contribution in [2.24, 2.45) is 5.73 Å². The summed E-state index contributed by atoms with van der Waals surface area (Å²) in [4.78, 5) is 12.0. The number of nitrogens with zero attached hydrogens (tertiary/aromatic N) is 1. The van der Waals surface area contributed by atoms with Crippen LogP contribution in [0.25, 0.3) is 0 Å². The summed E-state index contributed by atoms with van der Waals surface area (Å²) >= 11 is 0. The van der Waals surface area contributed by atoms with Crippen molar-refractivity contribution in [2.45, 2.75) is 32.9 Å². The molecular weight excluding hydrogens is 290 g/mol. The molecule has 1 aromatic heterocycles. The zero-order valence-corrected chi connectivity index (χ0v) is 12.9. The van der Waals surface area contributed by atoms with Gasteiger partial charge in [-0.05, 0) is 25.8 Å². The van der Waals surface area contributed by atoms with E-state index in [-0.39, 0.29) is 18.3 Å². The van der Waals surface area contributed by atoms with E-state index >= 15 is 0 Å². The molecule has 0 aliphatic carbocycles. The fourth-order valence-electron chi connectivity index (χ4n) is 2.02. The minimum Gasteiger partial charge on any atom is -0.361 e. The van der Waals surface area contributed by atoms with Gasteiger partial charge in [-0.2, -0.15) is 0 Å². The highest BCUT2D eigenvalue weighted by Gasteiger charge is 2.15. The Hall–Kier alpha value is -1.85. The van der Waals surface area contributed by atoms with E-state index in [0.717, 1.165) is 22.6 Å². The highest BCUT2D eigenvalue weighted by atomic mass is 35.5. The third-order valence-electron chi connectivity index (χ3n) is 3.26. The Morgan fingerprint density at radius 3 is 2.57 bits per heavy atom. The SMILES string of the molecule is Cc1noc(C)c1CNC(=O)C(N)Cc1ccccc1.Cl. The van der Waals surface area contributed by atoms with E-state index in [1.54, 1.807) is 0 Å². The lowest BCUT2D eigenvalue weighted by Gasteiger charge is -2.12. The van der Waals surface area contributed by atoms with Crippen molar-refractivity contribution < 1.29 is 9.32 Å². The van der Waals surface area contributed by atoms with Gasteiger partial charge in [0.2, 0.25) is 5.91 Å². The average molecular weight is 310 g/mol. The van der Waals surface area contributed by atoms with E-state index in [2.05, 4.69) is 10.5 Å². The normalized spacial score (nSPS) is 11.6. The molecule has 0 radical (unpaired) electrons. The van der Waals surface area contributed by atoms with E-state index in [9.17, 15) is 4.79 Å². The van der Waals surface area contributed by atoms with E-state index < -0.39 is 6.04 Å². The van der Waals surface area contributed by atoms with Crippen LogP contribution in [0.5, 0.6) is 0 Å². The summed E-state index contributed by atoms with van der Waals surface area (Å²) in [5.74, 6) is 0.549. The number of halogens is 1. The average Bonchev–Trinajstić information content (AvgIpc) is 2.76. The van der Waals surface area contributed by atoms with Crippen molar-refractivity contribution in [1.29, 1.82) is 0 Å². The summed E-state index contributed by atoms with van der Waals surface area (Å²) < 4.78 is 5.05. The Balaban J connectivity index is 0.00000220. The van der Waals surface area contributed by atoms with Gasteiger partial charge in [0, 0.05) is 12.1 Å². The Kier molecular flexibility index (Phi) is 6.39. The summed E-state index contributed by atoms with van der Waals surface area (Å²) in [5.41, 5.74) is 8.66. The number of carbonyl (C=O) groups excluding carboxylic acids is 1. The van der Waals surface area contributed by atoms with Crippen LogP contribution in [-0.2, 0) is 17.8 Å². The molecule has 0 saturated heterocycles. The maximum Gasteiger partial charge on any atom is 0.237 e. The van der Waals surface area contributed by atoms with E-state index in [0.29, 0.717) is 13.0 Å². The van der Waals surface area contributed by atoms with Crippen molar-refractivity contribution in [3.8, 4) is 0 Å². The van der Waals surface area contributed by atoms with E-state index in [4.69, 9.17) is 10.3 Å². The van der Waals surface area contributed by atoms with Gasteiger partial charge in [0.25, 0.3) is 0 Å². The first-order chi connectivity index (χ1) is 9.58. The molecule has 2 rings (SSSR count). The van der Waals surface area contributed by atoms with Crippen LogP contribution in [0.1, 0.15) is 22.6 Å². The topological polar surface area (TPSA) is 81.2 Å². The highest BCUT2D eigenvalue weighted by Crippen LogP contribution is 2.11. The van der Waals surface area contributed by atoms with Crippen LogP contribution in [-0.4, -0.2) is 17.1 Å². The Labute approximate surface area is 130 Å². The minimum absolute atomic E-state index is 0. The number of carbonyl (C=O) groups is 1. The van der Waals surface area contributed by atoms with Crippen LogP contribution in [0.2, 0.25) is 0 Å². The molecule has 0 spiro atoms. The molecule has 0 saturated carbocycles. The molecule has 0 aliphatic rings. The van der Waals surface area contributed by atoms with E-state index in [1.807, 2.05) is 44.2 Å².